The van der Waals surface area contributed by atoms with Gasteiger partial charge in [-0.2, -0.15) is 0 Å². The predicted molar refractivity (Wildman–Crippen MR) is 127 cm³/mol. The molecule has 0 bridgehead atoms. The third kappa shape index (κ3) is 5.11. The maximum absolute atomic E-state index is 12.9. The van der Waals surface area contributed by atoms with E-state index >= 15 is 0 Å². The van der Waals surface area contributed by atoms with Crippen LogP contribution in [0.3, 0.4) is 0 Å². The fourth-order valence-electron chi connectivity index (χ4n) is 3.96. The summed E-state index contributed by atoms with van der Waals surface area (Å²) in [6.45, 7) is 3.33. The molecule has 2 aromatic carbocycles. The molecule has 31 heavy (non-hydrogen) atoms. The molecule has 1 aliphatic heterocycles. The number of hydrogen-bond acceptors (Lipinski definition) is 4. The van der Waals surface area contributed by atoms with E-state index < -0.39 is 0 Å². The monoisotopic (exact) mass is 480 g/mol. The standard InChI is InChI=1S/C24H25BrN4O2/c1-16(23(30)27-21-8-4-6-17-5-2-3-7-20(17)21)29-13-11-18(12-14-29)24(31)28-22-10-9-19(25)15-26-22/h2-10,15-16,18H,11-14H2,1H3,(H,27,30)(H,26,28,31)/t16-/m0/s1. The first kappa shape index (κ1) is 21.5. The largest absolute Gasteiger partial charge is 0.324 e. The highest BCUT2D eigenvalue weighted by Gasteiger charge is 2.30. The summed E-state index contributed by atoms with van der Waals surface area (Å²) < 4.78 is 0.870. The van der Waals surface area contributed by atoms with Crippen LogP contribution < -0.4 is 10.6 Å². The van der Waals surface area contributed by atoms with Gasteiger partial charge in [-0.3, -0.25) is 14.5 Å². The van der Waals surface area contributed by atoms with Crippen molar-refractivity contribution in [2.75, 3.05) is 23.7 Å². The number of benzene rings is 2. The summed E-state index contributed by atoms with van der Waals surface area (Å²) in [6.07, 6.45) is 3.09. The van der Waals surface area contributed by atoms with Crippen molar-refractivity contribution in [2.45, 2.75) is 25.8 Å². The lowest BCUT2D eigenvalue weighted by Crippen LogP contribution is -2.47. The molecule has 0 radical (unpaired) electrons. The van der Waals surface area contributed by atoms with Gasteiger partial charge >= 0.3 is 0 Å². The van der Waals surface area contributed by atoms with Crippen LogP contribution in [0.5, 0.6) is 0 Å². The molecular formula is C24H25BrN4O2. The number of aromatic nitrogens is 1. The molecule has 1 saturated heterocycles. The summed E-state index contributed by atoms with van der Waals surface area (Å²) in [5.41, 5.74) is 0.825. The average molecular weight is 481 g/mol. The number of likely N-dealkylation sites (tertiary alicyclic amines) is 1. The van der Waals surface area contributed by atoms with E-state index in [2.05, 4.69) is 36.4 Å². The molecule has 7 heteroatoms. The van der Waals surface area contributed by atoms with E-state index in [-0.39, 0.29) is 23.8 Å². The van der Waals surface area contributed by atoms with Crippen molar-refractivity contribution in [1.82, 2.24) is 9.88 Å². The molecule has 0 aliphatic carbocycles. The first-order chi connectivity index (χ1) is 15.0. The first-order valence-corrected chi connectivity index (χ1v) is 11.3. The number of anilines is 2. The molecule has 1 atom stereocenters. The molecule has 0 saturated carbocycles. The number of hydrogen-bond donors (Lipinski definition) is 2. The molecule has 2 heterocycles. The Hall–Kier alpha value is -2.77. The fourth-order valence-corrected chi connectivity index (χ4v) is 4.20. The SMILES string of the molecule is C[C@@H](C(=O)Nc1cccc2ccccc12)N1CCC(C(=O)Nc2ccc(Br)cn2)CC1. The van der Waals surface area contributed by atoms with Gasteiger partial charge in [-0.05, 0) is 72.4 Å². The van der Waals surface area contributed by atoms with E-state index in [4.69, 9.17) is 0 Å². The Labute approximate surface area is 190 Å². The minimum absolute atomic E-state index is 0.0117. The molecule has 0 spiro atoms. The Morgan fingerprint density at radius 2 is 1.77 bits per heavy atom. The second-order valence-electron chi connectivity index (χ2n) is 7.85. The number of carbonyl (C=O) groups is 2. The number of nitrogens with zero attached hydrogens (tertiary/aromatic N) is 2. The zero-order valence-electron chi connectivity index (χ0n) is 17.3. The third-order valence-corrected chi connectivity index (χ3v) is 6.32. The van der Waals surface area contributed by atoms with E-state index in [0.717, 1.165) is 20.9 Å². The van der Waals surface area contributed by atoms with Gasteiger partial charge in [0, 0.05) is 27.7 Å². The maximum Gasteiger partial charge on any atom is 0.241 e. The summed E-state index contributed by atoms with van der Waals surface area (Å²) >= 11 is 3.34. The van der Waals surface area contributed by atoms with Crippen LogP contribution in [-0.4, -0.2) is 40.8 Å². The Morgan fingerprint density at radius 3 is 2.52 bits per heavy atom. The number of halogens is 1. The molecule has 2 N–H and O–H groups in total. The predicted octanol–water partition coefficient (Wildman–Crippen LogP) is 4.68. The van der Waals surface area contributed by atoms with E-state index in [9.17, 15) is 9.59 Å². The van der Waals surface area contributed by atoms with Gasteiger partial charge in [0.25, 0.3) is 0 Å². The van der Waals surface area contributed by atoms with Crippen LogP contribution in [-0.2, 0) is 9.59 Å². The Kier molecular flexibility index (Phi) is 6.63. The van der Waals surface area contributed by atoms with Crippen LogP contribution >= 0.6 is 15.9 Å². The van der Waals surface area contributed by atoms with Crippen molar-refractivity contribution in [2.24, 2.45) is 5.92 Å². The Bertz CT molecular complexity index is 1070. The summed E-state index contributed by atoms with van der Waals surface area (Å²) in [7, 11) is 0. The summed E-state index contributed by atoms with van der Waals surface area (Å²) in [6, 6.07) is 17.3. The molecule has 6 nitrogen and oxygen atoms in total. The molecular weight excluding hydrogens is 456 g/mol. The van der Waals surface area contributed by atoms with Crippen LogP contribution in [0.4, 0.5) is 11.5 Å². The van der Waals surface area contributed by atoms with Gasteiger partial charge in [0.05, 0.1) is 6.04 Å². The second kappa shape index (κ2) is 9.58. The number of fused-ring (bicyclic) bond motifs is 1. The highest BCUT2D eigenvalue weighted by Crippen LogP contribution is 2.25. The van der Waals surface area contributed by atoms with Crippen molar-refractivity contribution < 1.29 is 9.59 Å². The lowest BCUT2D eigenvalue weighted by molar-refractivity contribution is -0.123. The van der Waals surface area contributed by atoms with Gasteiger partial charge in [-0.25, -0.2) is 4.98 Å². The first-order valence-electron chi connectivity index (χ1n) is 10.5. The highest BCUT2D eigenvalue weighted by atomic mass is 79.9. The van der Waals surface area contributed by atoms with Gasteiger partial charge < -0.3 is 10.6 Å². The van der Waals surface area contributed by atoms with Gasteiger partial charge in [-0.15, -0.1) is 0 Å². The van der Waals surface area contributed by atoms with E-state index in [1.54, 1.807) is 12.3 Å². The van der Waals surface area contributed by atoms with Gasteiger partial charge in [0.15, 0.2) is 0 Å². The van der Waals surface area contributed by atoms with Gasteiger partial charge in [0.1, 0.15) is 5.82 Å². The number of pyridine rings is 1. The minimum atomic E-state index is -0.267. The zero-order chi connectivity index (χ0) is 21.8. The maximum atomic E-state index is 12.9. The second-order valence-corrected chi connectivity index (χ2v) is 8.77. The number of carbonyl (C=O) groups excluding carboxylic acids is 2. The molecule has 1 aromatic heterocycles. The Morgan fingerprint density at radius 1 is 1.03 bits per heavy atom. The number of amides is 2. The van der Waals surface area contributed by atoms with Crippen molar-refractivity contribution in [1.29, 1.82) is 0 Å². The van der Waals surface area contributed by atoms with Crippen LogP contribution in [0.15, 0.2) is 65.3 Å². The summed E-state index contributed by atoms with van der Waals surface area (Å²) in [5.74, 6) is 0.439. The van der Waals surface area contributed by atoms with E-state index in [1.165, 1.54) is 0 Å². The summed E-state index contributed by atoms with van der Waals surface area (Å²) in [5, 5.41) is 8.10. The van der Waals surface area contributed by atoms with E-state index in [1.807, 2.05) is 55.5 Å². The van der Waals surface area contributed by atoms with Crippen molar-refractivity contribution >= 4 is 50.0 Å². The van der Waals surface area contributed by atoms with Crippen molar-refractivity contribution in [3.05, 3.63) is 65.3 Å². The third-order valence-electron chi connectivity index (χ3n) is 5.85. The molecule has 1 fully saturated rings. The van der Waals surface area contributed by atoms with Crippen molar-refractivity contribution in [3.8, 4) is 0 Å². The molecule has 160 valence electrons. The lowest BCUT2D eigenvalue weighted by Gasteiger charge is -2.34. The normalized spacial score (nSPS) is 16.1. The topological polar surface area (TPSA) is 74.3 Å². The fraction of sp³-hybridized carbons (Fsp3) is 0.292. The minimum Gasteiger partial charge on any atom is -0.324 e. The smallest absolute Gasteiger partial charge is 0.241 e. The Balaban J connectivity index is 1.32. The molecule has 3 aromatic rings. The van der Waals surface area contributed by atoms with Gasteiger partial charge in [0.2, 0.25) is 11.8 Å². The highest BCUT2D eigenvalue weighted by molar-refractivity contribution is 9.10. The van der Waals surface area contributed by atoms with Gasteiger partial charge in [-0.1, -0.05) is 36.4 Å². The van der Waals surface area contributed by atoms with Crippen LogP contribution in [0.25, 0.3) is 10.8 Å². The quantitative estimate of drug-likeness (QED) is 0.555. The molecule has 2 amide bonds. The number of nitrogens with one attached hydrogen (secondary N) is 2. The van der Waals surface area contributed by atoms with Crippen molar-refractivity contribution in [3.63, 3.8) is 0 Å². The summed E-state index contributed by atoms with van der Waals surface area (Å²) in [4.78, 5) is 31.8. The number of piperidine rings is 1. The van der Waals surface area contributed by atoms with Crippen LogP contribution in [0, 0.1) is 5.92 Å². The molecule has 4 rings (SSSR count). The molecule has 0 unspecified atom stereocenters. The zero-order valence-corrected chi connectivity index (χ0v) is 18.9. The number of rotatable bonds is 5. The van der Waals surface area contributed by atoms with E-state index in [0.29, 0.717) is 31.7 Å². The lowest BCUT2D eigenvalue weighted by atomic mass is 9.95. The average Bonchev–Trinajstić information content (AvgIpc) is 2.80. The van der Waals surface area contributed by atoms with Crippen LogP contribution in [0.1, 0.15) is 19.8 Å². The van der Waals surface area contributed by atoms with Crippen LogP contribution in [0.2, 0.25) is 0 Å². The molecule has 1 aliphatic rings.